The third-order valence-electron chi connectivity index (χ3n) is 5.17. The zero-order valence-corrected chi connectivity index (χ0v) is 19.3. The molecule has 0 saturated heterocycles. The van der Waals surface area contributed by atoms with E-state index in [1.165, 1.54) is 0 Å². The Hall–Kier alpha value is -4.01. The van der Waals surface area contributed by atoms with Crippen LogP contribution in [0.2, 0.25) is 0 Å². The molecule has 0 spiro atoms. The van der Waals surface area contributed by atoms with Crippen LogP contribution in [-0.4, -0.2) is 30.8 Å². The van der Waals surface area contributed by atoms with Crippen molar-refractivity contribution in [2.24, 2.45) is 0 Å². The van der Waals surface area contributed by atoms with E-state index in [1.54, 1.807) is 35.0 Å². The van der Waals surface area contributed by atoms with Crippen molar-refractivity contribution >= 4 is 11.6 Å². The van der Waals surface area contributed by atoms with Crippen LogP contribution in [0.3, 0.4) is 0 Å². The van der Waals surface area contributed by atoms with Crippen LogP contribution in [-0.2, 0) is 11.2 Å². The molecule has 0 radical (unpaired) electrons. The van der Waals surface area contributed by atoms with Crippen LogP contribution >= 0.6 is 0 Å². The minimum absolute atomic E-state index is 0.0791. The van der Waals surface area contributed by atoms with Gasteiger partial charge < -0.3 is 14.6 Å². The molecule has 0 bridgehead atoms. The minimum atomic E-state index is -0.0791. The van der Waals surface area contributed by atoms with E-state index in [9.17, 15) is 4.79 Å². The predicted octanol–water partition coefficient (Wildman–Crippen LogP) is 4.56. The van der Waals surface area contributed by atoms with E-state index >= 15 is 0 Å². The molecule has 9 nitrogen and oxygen atoms in total. The fourth-order valence-electron chi connectivity index (χ4n) is 3.59. The number of anilines is 1. The van der Waals surface area contributed by atoms with Crippen molar-refractivity contribution in [3.05, 3.63) is 70.6 Å². The first-order chi connectivity index (χ1) is 15.8. The van der Waals surface area contributed by atoms with Crippen molar-refractivity contribution in [1.29, 1.82) is 0 Å². The predicted molar refractivity (Wildman–Crippen MR) is 123 cm³/mol. The van der Waals surface area contributed by atoms with E-state index in [1.807, 2.05) is 40.7 Å². The van der Waals surface area contributed by atoms with Crippen molar-refractivity contribution in [3.63, 3.8) is 0 Å². The zero-order valence-electron chi connectivity index (χ0n) is 19.3. The molecule has 0 aliphatic carbocycles. The highest BCUT2D eigenvalue weighted by Gasteiger charge is 2.12. The lowest BCUT2D eigenvalue weighted by Gasteiger charge is -2.10. The maximum atomic E-state index is 12.3. The summed E-state index contributed by atoms with van der Waals surface area (Å²) in [5.41, 5.74) is 4.38. The summed E-state index contributed by atoms with van der Waals surface area (Å²) in [5.74, 6) is 2.91. The van der Waals surface area contributed by atoms with Gasteiger partial charge in [0.1, 0.15) is 17.3 Å². The van der Waals surface area contributed by atoms with Crippen LogP contribution in [0.25, 0.3) is 5.82 Å². The number of ether oxygens (including phenoxy) is 1. The normalized spacial score (nSPS) is 10.9. The molecule has 1 N–H and O–H groups in total. The number of carbonyl (C=O) groups excluding carboxylic acids is 1. The molecule has 3 aromatic heterocycles. The Bertz CT molecular complexity index is 1270. The lowest BCUT2D eigenvalue weighted by Crippen LogP contribution is -2.12. The molecule has 0 fully saturated rings. The van der Waals surface area contributed by atoms with Crippen molar-refractivity contribution in [2.75, 3.05) is 5.32 Å². The lowest BCUT2D eigenvalue weighted by atomic mass is 10.1. The second kappa shape index (κ2) is 9.23. The molecule has 4 rings (SSSR count). The van der Waals surface area contributed by atoms with Gasteiger partial charge in [0.15, 0.2) is 5.82 Å². The Morgan fingerprint density at radius 2 is 1.82 bits per heavy atom. The van der Waals surface area contributed by atoms with Gasteiger partial charge in [0.25, 0.3) is 0 Å². The number of nitrogens with one attached hydrogen (secondary N) is 1. The molecule has 9 heteroatoms. The smallest absolute Gasteiger partial charge is 0.224 e. The highest BCUT2D eigenvalue weighted by Crippen LogP contribution is 2.24. The standard InChI is InChI=1S/C24H26N6O3/c1-14-12-15(2)30(28-14)22-13-24(26-18(5)25-22)32-20-8-6-19(7-9-20)27-23(31)11-10-21-16(3)29-33-17(21)4/h6-9,12-13H,10-11H2,1-5H3,(H,27,31). The molecular weight excluding hydrogens is 420 g/mol. The third-order valence-corrected chi connectivity index (χ3v) is 5.17. The van der Waals surface area contributed by atoms with E-state index in [2.05, 4.69) is 25.5 Å². The van der Waals surface area contributed by atoms with E-state index in [-0.39, 0.29) is 5.91 Å². The maximum Gasteiger partial charge on any atom is 0.224 e. The Balaban J connectivity index is 1.39. The summed E-state index contributed by atoms with van der Waals surface area (Å²) in [4.78, 5) is 21.2. The monoisotopic (exact) mass is 446 g/mol. The molecular formula is C24H26N6O3. The number of aromatic nitrogens is 5. The first-order valence-electron chi connectivity index (χ1n) is 10.7. The van der Waals surface area contributed by atoms with Gasteiger partial charge in [0, 0.05) is 29.4 Å². The van der Waals surface area contributed by atoms with Gasteiger partial charge in [-0.15, -0.1) is 0 Å². The minimum Gasteiger partial charge on any atom is -0.439 e. The Morgan fingerprint density at radius 1 is 1.06 bits per heavy atom. The van der Waals surface area contributed by atoms with Crippen molar-refractivity contribution in [2.45, 2.75) is 47.5 Å². The summed E-state index contributed by atoms with van der Waals surface area (Å²) in [7, 11) is 0. The summed E-state index contributed by atoms with van der Waals surface area (Å²) in [5, 5.41) is 11.3. The van der Waals surface area contributed by atoms with Crippen LogP contribution in [0.5, 0.6) is 11.6 Å². The Kier molecular flexibility index (Phi) is 6.21. The number of hydrogen-bond acceptors (Lipinski definition) is 7. The highest BCUT2D eigenvalue weighted by molar-refractivity contribution is 5.90. The van der Waals surface area contributed by atoms with Crippen LogP contribution in [0.1, 0.15) is 40.7 Å². The summed E-state index contributed by atoms with van der Waals surface area (Å²) < 4.78 is 12.8. The molecule has 1 aromatic carbocycles. The van der Waals surface area contributed by atoms with E-state index in [0.717, 1.165) is 28.4 Å². The molecule has 0 saturated carbocycles. The first kappa shape index (κ1) is 22.2. The SMILES string of the molecule is Cc1cc(C)n(-c2cc(Oc3ccc(NC(=O)CCc4c(C)noc4C)cc3)nc(C)n2)n1. The first-order valence-corrected chi connectivity index (χ1v) is 10.7. The average Bonchev–Trinajstić information content (AvgIpc) is 3.27. The van der Waals surface area contributed by atoms with Gasteiger partial charge in [0.2, 0.25) is 11.8 Å². The molecule has 0 aliphatic heterocycles. The Labute approximate surface area is 191 Å². The number of hydrogen-bond donors (Lipinski definition) is 1. The van der Waals surface area contributed by atoms with Crippen molar-refractivity contribution in [3.8, 4) is 17.4 Å². The lowest BCUT2D eigenvalue weighted by molar-refractivity contribution is -0.116. The van der Waals surface area contributed by atoms with Gasteiger partial charge in [0.05, 0.1) is 11.4 Å². The summed E-state index contributed by atoms with van der Waals surface area (Å²) in [6.07, 6.45) is 0.926. The molecule has 170 valence electrons. The zero-order chi connectivity index (χ0) is 23.5. The van der Waals surface area contributed by atoms with Crippen molar-refractivity contribution in [1.82, 2.24) is 24.9 Å². The third kappa shape index (κ3) is 5.25. The van der Waals surface area contributed by atoms with Gasteiger partial charge in [-0.2, -0.15) is 10.1 Å². The van der Waals surface area contributed by atoms with Gasteiger partial charge in [-0.3, -0.25) is 4.79 Å². The van der Waals surface area contributed by atoms with E-state index in [0.29, 0.717) is 41.8 Å². The topological polar surface area (TPSA) is 108 Å². The summed E-state index contributed by atoms with van der Waals surface area (Å²) in [6, 6.07) is 10.9. The number of benzene rings is 1. The van der Waals surface area contributed by atoms with Crippen LogP contribution in [0, 0.1) is 34.6 Å². The molecule has 4 aromatic rings. The quantitative estimate of drug-likeness (QED) is 0.443. The molecule has 1 amide bonds. The summed E-state index contributed by atoms with van der Waals surface area (Å²) >= 11 is 0. The fourth-order valence-corrected chi connectivity index (χ4v) is 3.59. The summed E-state index contributed by atoms with van der Waals surface area (Å²) in [6.45, 7) is 9.45. The second-order valence-electron chi connectivity index (χ2n) is 7.93. The number of rotatable bonds is 7. The van der Waals surface area contributed by atoms with Crippen LogP contribution in [0.4, 0.5) is 5.69 Å². The van der Waals surface area contributed by atoms with Crippen LogP contribution in [0.15, 0.2) is 40.9 Å². The molecule has 0 aliphatic rings. The van der Waals surface area contributed by atoms with Gasteiger partial charge in [-0.1, -0.05) is 5.16 Å². The number of nitrogens with zero attached hydrogens (tertiary/aromatic N) is 5. The second-order valence-corrected chi connectivity index (χ2v) is 7.93. The molecule has 33 heavy (non-hydrogen) atoms. The van der Waals surface area contributed by atoms with E-state index in [4.69, 9.17) is 9.26 Å². The fraction of sp³-hybridized carbons (Fsp3) is 0.292. The number of amides is 1. The molecule has 3 heterocycles. The maximum absolute atomic E-state index is 12.3. The average molecular weight is 447 g/mol. The Morgan fingerprint density at radius 3 is 2.45 bits per heavy atom. The molecule has 0 atom stereocenters. The number of aryl methyl sites for hydroxylation is 5. The van der Waals surface area contributed by atoms with E-state index < -0.39 is 0 Å². The van der Waals surface area contributed by atoms with Crippen LogP contribution < -0.4 is 10.1 Å². The van der Waals surface area contributed by atoms with Gasteiger partial charge >= 0.3 is 0 Å². The number of carbonyl (C=O) groups is 1. The van der Waals surface area contributed by atoms with Gasteiger partial charge in [-0.25, -0.2) is 9.67 Å². The van der Waals surface area contributed by atoms with Crippen molar-refractivity contribution < 1.29 is 14.1 Å². The van der Waals surface area contributed by atoms with Gasteiger partial charge in [-0.05, 0) is 71.4 Å². The molecule has 0 unspecified atom stereocenters. The largest absolute Gasteiger partial charge is 0.439 e. The highest BCUT2D eigenvalue weighted by atomic mass is 16.5.